The van der Waals surface area contributed by atoms with Crippen LogP contribution in [0.5, 0.6) is 0 Å². The van der Waals surface area contributed by atoms with Crippen molar-refractivity contribution in [3.05, 3.63) is 72.1 Å². The van der Waals surface area contributed by atoms with Crippen molar-refractivity contribution < 1.29 is 9.31 Å². The van der Waals surface area contributed by atoms with Crippen molar-refractivity contribution >= 4 is 29.9 Å². The lowest BCUT2D eigenvalue weighted by Gasteiger charge is -2.40. The minimum Gasteiger partial charge on any atom is -0.399 e. The molecule has 0 saturated carbocycles. The predicted molar refractivity (Wildman–Crippen MR) is 125 cm³/mol. The molecule has 2 aliphatic rings. The Kier molecular flexibility index (Phi) is 4.34. The highest BCUT2D eigenvalue weighted by atomic mass is 16.7. The third-order valence-electron chi connectivity index (χ3n) is 7.01. The molecule has 0 unspecified atom stereocenters. The van der Waals surface area contributed by atoms with Gasteiger partial charge in [-0.05, 0) is 63.0 Å². The van der Waals surface area contributed by atoms with Crippen LogP contribution in [-0.4, -0.2) is 28.3 Å². The van der Waals surface area contributed by atoms with Gasteiger partial charge in [-0.15, -0.1) is 0 Å². The van der Waals surface area contributed by atoms with Crippen LogP contribution in [0.1, 0.15) is 52.7 Å². The predicted octanol–water partition coefficient (Wildman–Crippen LogP) is 4.88. The van der Waals surface area contributed by atoms with Crippen LogP contribution in [0.15, 0.2) is 60.9 Å². The van der Waals surface area contributed by atoms with Gasteiger partial charge in [-0.3, -0.25) is 4.90 Å². The quantitative estimate of drug-likeness (QED) is 0.560. The number of hydrogen-bond acceptors (Lipinski definition) is 5. The topological polar surface area (TPSA) is 47.5 Å². The smallest absolute Gasteiger partial charge is 0.399 e. The molecule has 1 aromatic carbocycles. The first-order valence-electron chi connectivity index (χ1n) is 10.8. The van der Waals surface area contributed by atoms with Gasteiger partial charge in [0.1, 0.15) is 11.6 Å². The summed E-state index contributed by atoms with van der Waals surface area (Å²) in [7, 11) is -0.398. The second-order valence-corrected chi connectivity index (χ2v) is 9.89. The van der Waals surface area contributed by atoms with E-state index in [-0.39, 0.29) is 16.6 Å². The molecule has 158 valence electrons. The first kappa shape index (κ1) is 20.2. The van der Waals surface area contributed by atoms with E-state index in [1.807, 2.05) is 36.7 Å². The Bertz CT molecular complexity index is 1130. The number of fused-ring (bicyclic) bond motifs is 2. The van der Waals surface area contributed by atoms with Crippen molar-refractivity contribution in [2.45, 2.75) is 58.2 Å². The van der Waals surface area contributed by atoms with E-state index in [0.29, 0.717) is 0 Å². The zero-order valence-corrected chi connectivity index (χ0v) is 19.0. The molecule has 3 aromatic rings. The summed E-state index contributed by atoms with van der Waals surface area (Å²) in [5.41, 5.74) is 3.49. The zero-order chi connectivity index (χ0) is 22.0. The number of anilines is 3. The first-order valence-corrected chi connectivity index (χ1v) is 10.8. The van der Waals surface area contributed by atoms with Gasteiger partial charge < -0.3 is 9.31 Å². The third kappa shape index (κ3) is 3.00. The molecule has 0 atom stereocenters. The second kappa shape index (κ2) is 6.65. The van der Waals surface area contributed by atoms with Crippen molar-refractivity contribution in [1.29, 1.82) is 0 Å². The van der Waals surface area contributed by atoms with Gasteiger partial charge in [-0.2, -0.15) is 0 Å². The maximum Gasteiger partial charge on any atom is 0.494 e. The van der Waals surface area contributed by atoms with Crippen molar-refractivity contribution in [3.8, 4) is 0 Å². The third-order valence-corrected chi connectivity index (χ3v) is 7.01. The van der Waals surface area contributed by atoms with Crippen molar-refractivity contribution in [2.75, 3.05) is 4.90 Å². The monoisotopic (exact) mass is 413 g/mol. The van der Waals surface area contributed by atoms with Gasteiger partial charge in [-0.1, -0.05) is 38.1 Å². The average Bonchev–Trinajstić information content (AvgIpc) is 2.96. The number of hydrogen-bond donors (Lipinski definition) is 0. The average molecular weight is 413 g/mol. The summed E-state index contributed by atoms with van der Waals surface area (Å²) in [4.78, 5) is 11.5. The number of aromatic nitrogens is 2. The number of rotatable bonds is 2. The Hall–Kier alpha value is -2.70. The summed E-state index contributed by atoms with van der Waals surface area (Å²) in [6.07, 6.45) is 3.66. The number of benzene rings is 1. The molecule has 6 heteroatoms. The molecule has 0 N–H and O–H groups in total. The van der Waals surface area contributed by atoms with Crippen LogP contribution in [0.4, 0.5) is 17.3 Å². The van der Waals surface area contributed by atoms with Gasteiger partial charge in [-0.25, -0.2) is 9.97 Å². The molecule has 0 radical (unpaired) electrons. The van der Waals surface area contributed by atoms with E-state index in [0.717, 1.165) is 22.8 Å². The molecular formula is C25H28BN3O2. The lowest BCUT2D eigenvalue weighted by Crippen LogP contribution is -2.41. The number of pyridine rings is 2. The summed E-state index contributed by atoms with van der Waals surface area (Å²) in [5, 5.41) is 0. The molecule has 0 spiro atoms. The standard InChI is InChI=1S/C25H28BN3O2/c1-23(2)18-10-9-15-28-22(18)29(21-11-7-8-14-27-21)20-13-12-17(16-19(20)23)26-30-24(3,4)25(5,6)31-26/h7-16H,1-6H3. The van der Waals surface area contributed by atoms with E-state index in [1.165, 1.54) is 11.1 Å². The van der Waals surface area contributed by atoms with E-state index in [2.05, 4.69) is 75.7 Å². The number of nitrogens with zero attached hydrogens (tertiary/aromatic N) is 3. The molecule has 2 aliphatic heterocycles. The van der Waals surface area contributed by atoms with Gasteiger partial charge in [0.05, 0.1) is 16.9 Å². The summed E-state index contributed by atoms with van der Waals surface area (Å²) in [6.45, 7) is 12.8. The molecule has 0 amide bonds. The maximum absolute atomic E-state index is 6.33. The van der Waals surface area contributed by atoms with Gasteiger partial charge in [0, 0.05) is 23.4 Å². The fraction of sp³-hybridized carbons (Fsp3) is 0.360. The molecule has 1 fully saturated rings. The highest BCUT2D eigenvalue weighted by Crippen LogP contribution is 2.50. The molecule has 2 aromatic heterocycles. The van der Waals surface area contributed by atoms with Crippen LogP contribution < -0.4 is 10.4 Å². The Morgan fingerprint density at radius 2 is 1.48 bits per heavy atom. The SMILES string of the molecule is CC1(C)c2cc(B3OC(C)(C)C(C)(C)O3)ccc2N(c2ccccn2)c2ncccc21. The fourth-order valence-electron chi connectivity index (χ4n) is 4.42. The molecule has 1 saturated heterocycles. The molecule has 0 bridgehead atoms. The largest absolute Gasteiger partial charge is 0.494 e. The van der Waals surface area contributed by atoms with Crippen molar-refractivity contribution in [2.24, 2.45) is 0 Å². The van der Waals surface area contributed by atoms with Gasteiger partial charge in [0.2, 0.25) is 0 Å². The molecule has 5 nitrogen and oxygen atoms in total. The van der Waals surface area contributed by atoms with E-state index >= 15 is 0 Å². The van der Waals surface area contributed by atoms with Gasteiger partial charge in [0.15, 0.2) is 0 Å². The van der Waals surface area contributed by atoms with Crippen molar-refractivity contribution in [3.63, 3.8) is 0 Å². The Labute approximate surface area is 184 Å². The molecule has 0 aliphatic carbocycles. The molecule has 31 heavy (non-hydrogen) atoms. The summed E-state index contributed by atoms with van der Waals surface area (Å²) >= 11 is 0. The summed E-state index contributed by atoms with van der Waals surface area (Å²) < 4.78 is 12.7. The van der Waals surface area contributed by atoms with E-state index < -0.39 is 7.12 Å². The van der Waals surface area contributed by atoms with Crippen LogP contribution in [-0.2, 0) is 14.7 Å². The second-order valence-electron chi connectivity index (χ2n) is 9.89. The Morgan fingerprint density at radius 1 is 0.774 bits per heavy atom. The fourth-order valence-corrected chi connectivity index (χ4v) is 4.42. The van der Waals surface area contributed by atoms with Crippen LogP contribution >= 0.6 is 0 Å². The summed E-state index contributed by atoms with van der Waals surface area (Å²) in [5.74, 6) is 1.77. The highest BCUT2D eigenvalue weighted by Gasteiger charge is 2.52. The molecular weight excluding hydrogens is 385 g/mol. The van der Waals surface area contributed by atoms with Crippen molar-refractivity contribution in [1.82, 2.24) is 9.97 Å². The van der Waals surface area contributed by atoms with Crippen LogP contribution in [0, 0.1) is 0 Å². The Morgan fingerprint density at radius 3 is 2.16 bits per heavy atom. The Balaban J connectivity index is 1.67. The van der Waals surface area contributed by atoms with Crippen LogP contribution in [0.3, 0.4) is 0 Å². The maximum atomic E-state index is 6.33. The minimum atomic E-state index is -0.398. The van der Waals surface area contributed by atoms with E-state index in [1.54, 1.807) is 0 Å². The van der Waals surface area contributed by atoms with Gasteiger partial charge in [0.25, 0.3) is 0 Å². The van der Waals surface area contributed by atoms with Crippen LogP contribution in [0.25, 0.3) is 0 Å². The lowest BCUT2D eigenvalue weighted by atomic mass is 9.70. The molecule has 5 rings (SSSR count). The first-order chi connectivity index (χ1) is 14.6. The van der Waals surface area contributed by atoms with E-state index in [9.17, 15) is 0 Å². The van der Waals surface area contributed by atoms with Crippen LogP contribution in [0.2, 0.25) is 0 Å². The summed E-state index contributed by atoms with van der Waals surface area (Å²) in [6, 6.07) is 16.6. The van der Waals surface area contributed by atoms with E-state index in [4.69, 9.17) is 14.3 Å². The molecule has 4 heterocycles. The highest BCUT2D eigenvalue weighted by molar-refractivity contribution is 6.62. The van der Waals surface area contributed by atoms with Gasteiger partial charge >= 0.3 is 7.12 Å². The minimum absolute atomic E-state index is 0.232. The normalized spacial score (nSPS) is 20.3. The lowest BCUT2D eigenvalue weighted by molar-refractivity contribution is 0.00578. The zero-order valence-electron chi connectivity index (χ0n) is 19.0.